The molecule has 2 N–H and O–H groups in total. The van der Waals surface area contributed by atoms with Crippen LogP contribution in [-0.4, -0.2) is 25.6 Å². The molecule has 0 aromatic rings. The third-order valence-electron chi connectivity index (χ3n) is 1.90. The maximum absolute atomic E-state index is 5.70. The molecule has 0 aromatic carbocycles. The van der Waals surface area contributed by atoms with E-state index in [1.807, 2.05) is 0 Å². The molecule has 0 aromatic heterocycles. The lowest BCUT2D eigenvalue weighted by atomic mass is 9.90. The van der Waals surface area contributed by atoms with Gasteiger partial charge in [-0.25, -0.2) is 0 Å². The molecule has 1 fully saturated rings. The Kier molecular flexibility index (Phi) is 2.33. The van der Waals surface area contributed by atoms with Crippen molar-refractivity contribution in [2.24, 2.45) is 11.1 Å². The first-order chi connectivity index (χ1) is 4.33. The zero-order valence-electron chi connectivity index (χ0n) is 5.40. The Morgan fingerprint density at radius 2 is 2.44 bits per heavy atom. The molecule has 9 heavy (non-hydrogen) atoms. The topological polar surface area (TPSA) is 35.2 Å². The Morgan fingerprint density at radius 1 is 1.67 bits per heavy atom. The average molecular weight is 150 g/mol. The maximum atomic E-state index is 5.70. The van der Waals surface area contributed by atoms with Crippen LogP contribution in [0.5, 0.6) is 0 Å². The van der Waals surface area contributed by atoms with Crippen LogP contribution in [0.2, 0.25) is 0 Å². The molecule has 1 aliphatic rings. The first-order valence-corrected chi connectivity index (χ1v) is 3.70. The highest BCUT2D eigenvalue weighted by molar-refractivity contribution is 6.18. The van der Waals surface area contributed by atoms with E-state index in [2.05, 4.69) is 0 Å². The van der Waals surface area contributed by atoms with E-state index in [0.717, 1.165) is 19.6 Å². The van der Waals surface area contributed by atoms with Crippen LogP contribution in [0.15, 0.2) is 0 Å². The lowest BCUT2D eigenvalue weighted by molar-refractivity contribution is 0.164. The highest BCUT2D eigenvalue weighted by Crippen LogP contribution is 2.28. The van der Waals surface area contributed by atoms with Gasteiger partial charge >= 0.3 is 0 Å². The molecule has 0 amide bonds. The van der Waals surface area contributed by atoms with Crippen molar-refractivity contribution >= 4 is 11.6 Å². The molecule has 54 valence electrons. The maximum Gasteiger partial charge on any atom is 0.0546 e. The smallest absolute Gasteiger partial charge is 0.0546 e. The summed E-state index contributed by atoms with van der Waals surface area (Å²) in [6.45, 7) is 2.22. The lowest BCUT2D eigenvalue weighted by Gasteiger charge is -2.20. The Morgan fingerprint density at radius 3 is 2.67 bits per heavy atom. The van der Waals surface area contributed by atoms with E-state index in [4.69, 9.17) is 22.1 Å². The monoisotopic (exact) mass is 149 g/mol. The largest absolute Gasteiger partial charge is 0.381 e. The van der Waals surface area contributed by atoms with Gasteiger partial charge in [-0.1, -0.05) is 0 Å². The van der Waals surface area contributed by atoms with Crippen molar-refractivity contribution in [2.45, 2.75) is 6.42 Å². The van der Waals surface area contributed by atoms with Crippen molar-refractivity contribution in [3.05, 3.63) is 0 Å². The number of nitrogens with two attached hydrogens (primary N) is 1. The van der Waals surface area contributed by atoms with E-state index in [0.29, 0.717) is 12.4 Å². The average Bonchev–Trinajstić information content (AvgIpc) is 2.36. The summed E-state index contributed by atoms with van der Waals surface area (Å²) >= 11 is 5.70. The second-order valence-corrected chi connectivity index (χ2v) is 2.91. The Hall–Kier alpha value is 0.210. The molecule has 0 saturated carbocycles. The first-order valence-electron chi connectivity index (χ1n) is 3.17. The third kappa shape index (κ3) is 1.37. The fourth-order valence-electron chi connectivity index (χ4n) is 0.970. The van der Waals surface area contributed by atoms with Gasteiger partial charge in [-0.2, -0.15) is 0 Å². The highest BCUT2D eigenvalue weighted by Gasteiger charge is 2.32. The first kappa shape index (κ1) is 7.32. The van der Waals surface area contributed by atoms with Crippen LogP contribution >= 0.6 is 11.6 Å². The number of hydrogen-bond acceptors (Lipinski definition) is 2. The number of hydrogen-bond donors (Lipinski definition) is 1. The molecule has 0 aliphatic carbocycles. The number of alkyl halides is 1. The molecule has 1 aliphatic heterocycles. The second kappa shape index (κ2) is 2.86. The number of halogens is 1. The molecule has 0 spiro atoms. The van der Waals surface area contributed by atoms with Crippen molar-refractivity contribution in [1.29, 1.82) is 0 Å². The van der Waals surface area contributed by atoms with Gasteiger partial charge in [-0.3, -0.25) is 0 Å². The summed E-state index contributed by atoms with van der Waals surface area (Å²) in [5.74, 6) is 0.628. The Labute approximate surface area is 60.3 Å². The minimum atomic E-state index is 0.0988. The highest BCUT2D eigenvalue weighted by atomic mass is 35.5. The number of ether oxygens (including phenoxy) is 1. The summed E-state index contributed by atoms with van der Waals surface area (Å²) < 4.78 is 5.18. The SMILES string of the molecule is NCC1(CCl)CCOC1. The van der Waals surface area contributed by atoms with Crippen LogP contribution in [0.25, 0.3) is 0 Å². The standard InChI is InChI=1S/C6H12ClNO/c7-3-6(4-8)1-2-9-5-6/h1-5,8H2. The summed E-state index contributed by atoms with van der Waals surface area (Å²) in [4.78, 5) is 0. The summed E-state index contributed by atoms with van der Waals surface area (Å²) in [5.41, 5.74) is 5.61. The zero-order valence-corrected chi connectivity index (χ0v) is 6.16. The van der Waals surface area contributed by atoms with Gasteiger partial charge in [0.2, 0.25) is 0 Å². The molecular weight excluding hydrogens is 138 g/mol. The number of rotatable bonds is 2. The van der Waals surface area contributed by atoms with E-state index in [9.17, 15) is 0 Å². The van der Waals surface area contributed by atoms with Gasteiger partial charge in [0.15, 0.2) is 0 Å². The van der Waals surface area contributed by atoms with Crippen LogP contribution in [0.1, 0.15) is 6.42 Å². The van der Waals surface area contributed by atoms with Gasteiger partial charge in [0.1, 0.15) is 0 Å². The Bertz CT molecular complexity index is 85.1. The molecule has 1 unspecified atom stereocenters. The van der Waals surface area contributed by atoms with E-state index in [1.54, 1.807) is 0 Å². The fraction of sp³-hybridized carbons (Fsp3) is 1.00. The predicted octanol–water partition coefficient (Wildman–Crippen LogP) is 0.591. The zero-order chi connectivity index (χ0) is 6.74. The minimum absolute atomic E-state index is 0.0988. The van der Waals surface area contributed by atoms with Gasteiger partial charge < -0.3 is 10.5 Å². The summed E-state index contributed by atoms with van der Waals surface area (Å²) in [6, 6.07) is 0. The molecule has 0 bridgehead atoms. The van der Waals surface area contributed by atoms with Crippen molar-refractivity contribution in [3.8, 4) is 0 Å². The molecule has 3 heteroatoms. The van der Waals surface area contributed by atoms with Gasteiger partial charge in [0.05, 0.1) is 6.61 Å². The molecule has 1 atom stereocenters. The van der Waals surface area contributed by atoms with Gasteiger partial charge in [-0.15, -0.1) is 11.6 Å². The minimum Gasteiger partial charge on any atom is -0.381 e. The molecule has 1 rings (SSSR count). The molecule has 1 saturated heterocycles. The normalized spacial score (nSPS) is 35.3. The van der Waals surface area contributed by atoms with E-state index >= 15 is 0 Å². The second-order valence-electron chi connectivity index (χ2n) is 2.64. The van der Waals surface area contributed by atoms with Crippen LogP contribution in [0.3, 0.4) is 0 Å². The van der Waals surface area contributed by atoms with E-state index in [-0.39, 0.29) is 5.41 Å². The molecular formula is C6H12ClNO. The van der Waals surface area contributed by atoms with Crippen LogP contribution in [-0.2, 0) is 4.74 Å². The molecule has 0 radical (unpaired) electrons. The fourth-order valence-corrected chi connectivity index (χ4v) is 1.29. The summed E-state index contributed by atoms with van der Waals surface area (Å²) in [7, 11) is 0. The molecule has 1 heterocycles. The van der Waals surface area contributed by atoms with Crippen LogP contribution < -0.4 is 5.73 Å². The van der Waals surface area contributed by atoms with Crippen molar-refractivity contribution in [2.75, 3.05) is 25.6 Å². The quantitative estimate of drug-likeness (QED) is 0.584. The van der Waals surface area contributed by atoms with Crippen LogP contribution in [0, 0.1) is 5.41 Å². The van der Waals surface area contributed by atoms with E-state index < -0.39 is 0 Å². The summed E-state index contributed by atoms with van der Waals surface area (Å²) in [6.07, 6.45) is 1.02. The van der Waals surface area contributed by atoms with Crippen molar-refractivity contribution < 1.29 is 4.74 Å². The van der Waals surface area contributed by atoms with Crippen molar-refractivity contribution in [3.63, 3.8) is 0 Å². The molecule has 2 nitrogen and oxygen atoms in total. The van der Waals surface area contributed by atoms with Crippen molar-refractivity contribution in [1.82, 2.24) is 0 Å². The van der Waals surface area contributed by atoms with Gasteiger partial charge in [0, 0.05) is 24.4 Å². The van der Waals surface area contributed by atoms with Gasteiger partial charge in [-0.05, 0) is 6.42 Å². The van der Waals surface area contributed by atoms with E-state index in [1.165, 1.54) is 0 Å². The Balaban J connectivity index is 2.45. The predicted molar refractivity (Wildman–Crippen MR) is 37.6 cm³/mol. The summed E-state index contributed by atoms with van der Waals surface area (Å²) in [5, 5.41) is 0. The van der Waals surface area contributed by atoms with Crippen LogP contribution in [0.4, 0.5) is 0 Å². The lowest BCUT2D eigenvalue weighted by Crippen LogP contribution is -2.32. The third-order valence-corrected chi connectivity index (χ3v) is 2.47. The van der Waals surface area contributed by atoms with Gasteiger partial charge in [0.25, 0.3) is 0 Å².